The molecule has 0 bridgehead atoms. The van der Waals surface area contributed by atoms with Gasteiger partial charge in [0.05, 0.1) is 11.8 Å². The number of hydrogen-bond donors (Lipinski definition) is 3. The van der Waals surface area contributed by atoms with E-state index < -0.39 is 0 Å². The molecule has 1 aromatic rings. The number of nitriles is 1. The highest BCUT2D eigenvalue weighted by Gasteiger charge is 2.22. The summed E-state index contributed by atoms with van der Waals surface area (Å²) < 4.78 is 1.80. The van der Waals surface area contributed by atoms with E-state index >= 15 is 0 Å². The van der Waals surface area contributed by atoms with Crippen LogP contribution in [-0.4, -0.2) is 16.8 Å². The first-order valence-electron chi connectivity index (χ1n) is 8.23. The van der Waals surface area contributed by atoms with Gasteiger partial charge in [-0.05, 0) is 43.3 Å². The summed E-state index contributed by atoms with van der Waals surface area (Å²) >= 11 is 0. The van der Waals surface area contributed by atoms with Gasteiger partial charge in [0, 0.05) is 25.9 Å². The van der Waals surface area contributed by atoms with E-state index in [0.29, 0.717) is 17.2 Å². The van der Waals surface area contributed by atoms with Crippen LogP contribution < -0.4 is 16.4 Å². The highest BCUT2D eigenvalue weighted by molar-refractivity contribution is 5.46. The fraction of sp³-hybridized carbons (Fsp3) is 0.444. The largest absolute Gasteiger partial charge is 0.398 e. The Bertz CT molecular complexity index is 729. The molecule has 0 radical (unpaired) electrons. The Morgan fingerprint density at radius 2 is 2.29 bits per heavy atom. The zero-order valence-corrected chi connectivity index (χ0v) is 14.8. The third-order valence-electron chi connectivity index (χ3n) is 4.65. The number of hydrogen-bond acceptors (Lipinski definition) is 5. The lowest BCUT2D eigenvalue weighted by molar-refractivity contribution is 0.583. The zero-order valence-electron chi connectivity index (χ0n) is 14.8. The molecule has 0 aromatic carbocycles. The van der Waals surface area contributed by atoms with Crippen molar-refractivity contribution in [3.05, 3.63) is 46.6 Å². The van der Waals surface area contributed by atoms with E-state index in [1.165, 1.54) is 5.57 Å². The standard InChI is InChI=1S/C18H26N6/c1-5-13(18(21-3)23-16-8-9-22-24(16)4)10-14-6-7-15(11-19)17(20)12(14)2/h7-9,14,21,23H,5-6,10,20H2,1-4H3/b18-13+/t14-/m0/s1. The normalized spacial score (nSPS) is 18.6. The van der Waals surface area contributed by atoms with Crippen LogP contribution in [0.5, 0.6) is 0 Å². The second-order valence-electron chi connectivity index (χ2n) is 6.01. The molecule has 4 N–H and O–H groups in total. The second kappa shape index (κ2) is 7.73. The SMILES string of the molecule is CC/C(C[C@@H]1CC=C(C#N)C(N)=C1C)=C(/NC)Nc1ccnn1C. The minimum atomic E-state index is 0.328. The fourth-order valence-corrected chi connectivity index (χ4v) is 2.99. The number of aromatic nitrogens is 2. The molecule has 6 nitrogen and oxygen atoms in total. The van der Waals surface area contributed by atoms with Crippen LogP contribution in [0.4, 0.5) is 5.82 Å². The van der Waals surface area contributed by atoms with Gasteiger partial charge in [0.25, 0.3) is 0 Å². The number of aryl methyl sites for hydroxylation is 1. The summed E-state index contributed by atoms with van der Waals surface area (Å²) in [4.78, 5) is 0. The van der Waals surface area contributed by atoms with Gasteiger partial charge in [-0.25, -0.2) is 0 Å². The first-order valence-corrected chi connectivity index (χ1v) is 8.23. The number of nitrogens with one attached hydrogen (secondary N) is 2. The lowest BCUT2D eigenvalue weighted by atomic mass is 9.82. The van der Waals surface area contributed by atoms with Crippen molar-refractivity contribution in [3.8, 4) is 6.07 Å². The number of rotatable bonds is 6. The van der Waals surface area contributed by atoms with Crippen molar-refractivity contribution in [1.82, 2.24) is 15.1 Å². The third kappa shape index (κ3) is 3.62. The van der Waals surface area contributed by atoms with Crippen LogP contribution in [0.15, 0.2) is 46.6 Å². The Morgan fingerprint density at radius 1 is 1.54 bits per heavy atom. The van der Waals surface area contributed by atoms with E-state index in [4.69, 9.17) is 11.0 Å². The highest BCUT2D eigenvalue weighted by Crippen LogP contribution is 2.33. The van der Waals surface area contributed by atoms with Gasteiger partial charge >= 0.3 is 0 Å². The van der Waals surface area contributed by atoms with Crippen LogP contribution in [0.3, 0.4) is 0 Å². The van der Waals surface area contributed by atoms with E-state index in [2.05, 4.69) is 28.7 Å². The average molecular weight is 326 g/mol. The molecular weight excluding hydrogens is 300 g/mol. The summed E-state index contributed by atoms with van der Waals surface area (Å²) in [5.74, 6) is 2.27. The average Bonchev–Trinajstić information content (AvgIpc) is 2.99. The summed E-state index contributed by atoms with van der Waals surface area (Å²) in [6.45, 7) is 4.19. The van der Waals surface area contributed by atoms with Crippen LogP contribution in [0, 0.1) is 17.2 Å². The first kappa shape index (κ1) is 17.7. The van der Waals surface area contributed by atoms with Crippen molar-refractivity contribution in [3.63, 3.8) is 0 Å². The van der Waals surface area contributed by atoms with Crippen molar-refractivity contribution >= 4 is 5.82 Å². The van der Waals surface area contributed by atoms with Gasteiger partial charge < -0.3 is 16.4 Å². The summed E-state index contributed by atoms with van der Waals surface area (Å²) in [7, 11) is 3.82. The molecule has 2 rings (SSSR count). The van der Waals surface area contributed by atoms with Crippen molar-refractivity contribution in [2.75, 3.05) is 12.4 Å². The number of nitrogens with two attached hydrogens (primary N) is 1. The molecule has 1 atom stereocenters. The summed E-state index contributed by atoms with van der Waals surface area (Å²) in [5.41, 5.74) is 9.75. The van der Waals surface area contributed by atoms with E-state index in [1.54, 1.807) is 10.9 Å². The molecule has 0 aliphatic heterocycles. The Balaban J connectivity index is 2.23. The summed E-state index contributed by atoms with van der Waals surface area (Å²) in [6.07, 6.45) is 6.40. The van der Waals surface area contributed by atoms with Gasteiger partial charge in [0.2, 0.25) is 0 Å². The highest BCUT2D eigenvalue weighted by atomic mass is 15.3. The Labute approximate surface area is 143 Å². The van der Waals surface area contributed by atoms with Crippen molar-refractivity contribution in [1.29, 1.82) is 5.26 Å². The quantitative estimate of drug-likeness (QED) is 0.747. The van der Waals surface area contributed by atoms with E-state index in [9.17, 15) is 0 Å². The Kier molecular flexibility index (Phi) is 5.69. The maximum Gasteiger partial charge on any atom is 0.129 e. The number of anilines is 1. The van der Waals surface area contributed by atoms with Gasteiger partial charge in [-0.3, -0.25) is 4.68 Å². The molecule has 1 aliphatic rings. The summed E-state index contributed by atoms with van der Waals surface area (Å²) in [5, 5.41) is 20.0. The third-order valence-corrected chi connectivity index (χ3v) is 4.65. The molecule has 1 aliphatic carbocycles. The van der Waals surface area contributed by atoms with Crippen LogP contribution in [0.25, 0.3) is 0 Å². The van der Waals surface area contributed by atoms with Gasteiger partial charge in [-0.2, -0.15) is 10.4 Å². The minimum absolute atomic E-state index is 0.328. The molecule has 6 heteroatoms. The maximum atomic E-state index is 9.12. The number of nitrogens with zero attached hydrogens (tertiary/aromatic N) is 3. The predicted octanol–water partition coefficient (Wildman–Crippen LogP) is 2.77. The zero-order chi connectivity index (χ0) is 17.7. The first-order chi connectivity index (χ1) is 11.5. The van der Waals surface area contributed by atoms with Crippen molar-refractivity contribution in [2.24, 2.45) is 18.7 Å². The molecule has 128 valence electrons. The molecule has 0 saturated carbocycles. The monoisotopic (exact) mass is 326 g/mol. The number of allylic oxidation sites excluding steroid dienone is 4. The molecule has 24 heavy (non-hydrogen) atoms. The lowest BCUT2D eigenvalue weighted by Crippen LogP contribution is -2.21. The van der Waals surface area contributed by atoms with Gasteiger partial charge in [-0.1, -0.05) is 13.0 Å². The van der Waals surface area contributed by atoms with Crippen molar-refractivity contribution < 1.29 is 0 Å². The minimum Gasteiger partial charge on any atom is -0.398 e. The van der Waals surface area contributed by atoms with E-state index in [-0.39, 0.29) is 0 Å². The molecule has 0 spiro atoms. The second-order valence-corrected chi connectivity index (χ2v) is 6.01. The fourth-order valence-electron chi connectivity index (χ4n) is 2.99. The van der Waals surface area contributed by atoms with Crippen LogP contribution in [0.2, 0.25) is 0 Å². The smallest absolute Gasteiger partial charge is 0.129 e. The molecular formula is C18H26N6. The molecule has 0 unspecified atom stereocenters. The maximum absolute atomic E-state index is 9.12. The van der Waals surface area contributed by atoms with E-state index in [0.717, 1.165) is 36.5 Å². The Morgan fingerprint density at radius 3 is 2.83 bits per heavy atom. The van der Waals surface area contributed by atoms with E-state index in [1.807, 2.05) is 33.2 Å². The topological polar surface area (TPSA) is 91.7 Å². The molecule has 0 saturated heterocycles. The Hall–Kier alpha value is -2.68. The predicted molar refractivity (Wildman–Crippen MR) is 96.5 cm³/mol. The molecule has 1 heterocycles. The summed E-state index contributed by atoms with van der Waals surface area (Å²) in [6, 6.07) is 4.11. The molecule has 0 amide bonds. The van der Waals surface area contributed by atoms with Gasteiger partial charge in [-0.15, -0.1) is 0 Å². The van der Waals surface area contributed by atoms with Gasteiger partial charge in [0.1, 0.15) is 17.7 Å². The van der Waals surface area contributed by atoms with Crippen LogP contribution >= 0.6 is 0 Å². The van der Waals surface area contributed by atoms with Crippen LogP contribution in [0.1, 0.15) is 33.1 Å². The molecule has 1 aromatic heterocycles. The van der Waals surface area contributed by atoms with Gasteiger partial charge in [0.15, 0.2) is 0 Å². The lowest BCUT2D eigenvalue weighted by Gasteiger charge is -2.25. The van der Waals surface area contributed by atoms with Crippen LogP contribution in [-0.2, 0) is 7.05 Å². The molecule has 0 fully saturated rings. The van der Waals surface area contributed by atoms with Crippen molar-refractivity contribution in [2.45, 2.75) is 33.1 Å².